The first-order valence-corrected chi connectivity index (χ1v) is 6.68. The summed E-state index contributed by atoms with van der Waals surface area (Å²) in [4.78, 5) is 12.2. The molecule has 4 nitrogen and oxygen atoms in total. The smallest absolute Gasteiger partial charge is 0.259 e. The second kappa shape index (κ2) is 5.92. The third-order valence-corrected chi connectivity index (χ3v) is 3.29. The van der Waals surface area contributed by atoms with Crippen LogP contribution in [0.4, 0.5) is 11.4 Å². The van der Waals surface area contributed by atoms with Crippen molar-refractivity contribution in [3.8, 4) is 5.75 Å². The van der Waals surface area contributed by atoms with Crippen LogP contribution < -0.4 is 15.8 Å². The van der Waals surface area contributed by atoms with E-state index in [1.165, 1.54) is 7.11 Å². The third-order valence-electron chi connectivity index (χ3n) is 2.57. The number of nitrogens with one attached hydrogen (secondary N) is 1. The summed E-state index contributed by atoms with van der Waals surface area (Å²) in [6.45, 7) is 0. The zero-order chi connectivity index (χ0) is 13.8. The minimum Gasteiger partial charge on any atom is -0.496 e. The van der Waals surface area contributed by atoms with Gasteiger partial charge in [-0.3, -0.25) is 4.79 Å². The van der Waals surface area contributed by atoms with E-state index in [0.717, 1.165) is 9.26 Å². The minimum absolute atomic E-state index is 0.245. The Hall–Kier alpha value is -1.76. The third kappa shape index (κ3) is 3.37. The van der Waals surface area contributed by atoms with Crippen LogP contribution in [0, 0.1) is 3.57 Å². The van der Waals surface area contributed by atoms with Gasteiger partial charge in [0.25, 0.3) is 5.91 Å². The summed E-state index contributed by atoms with van der Waals surface area (Å²) in [7, 11) is 1.52. The van der Waals surface area contributed by atoms with Gasteiger partial charge < -0.3 is 15.8 Å². The fraction of sp³-hybridized carbons (Fsp3) is 0.0714. The van der Waals surface area contributed by atoms with Crippen molar-refractivity contribution in [1.82, 2.24) is 0 Å². The summed E-state index contributed by atoms with van der Waals surface area (Å²) in [5.41, 5.74) is 7.37. The number of nitrogens with two attached hydrogens (primary N) is 1. The van der Waals surface area contributed by atoms with E-state index >= 15 is 0 Å². The fourth-order valence-corrected chi connectivity index (χ4v) is 1.99. The van der Waals surface area contributed by atoms with E-state index in [4.69, 9.17) is 10.5 Å². The maximum atomic E-state index is 12.2. The van der Waals surface area contributed by atoms with Gasteiger partial charge in [-0.15, -0.1) is 0 Å². The molecule has 98 valence electrons. The van der Waals surface area contributed by atoms with Crippen LogP contribution in [0.2, 0.25) is 0 Å². The molecule has 0 fully saturated rings. The number of halogens is 1. The molecule has 1 amide bonds. The van der Waals surface area contributed by atoms with Crippen LogP contribution in [0.5, 0.6) is 5.75 Å². The summed E-state index contributed by atoms with van der Waals surface area (Å²) in [6.07, 6.45) is 0. The molecule has 0 unspecified atom stereocenters. The Balaban J connectivity index is 2.24. The van der Waals surface area contributed by atoms with Gasteiger partial charge >= 0.3 is 0 Å². The van der Waals surface area contributed by atoms with Crippen LogP contribution in [0.25, 0.3) is 0 Å². The predicted octanol–water partition coefficient (Wildman–Crippen LogP) is 3.13. The number of amides is 1. The second-order valence-electron chi connectivity index (χ2n) is 3.92. The molecule has 19 heavy (non-hydrogen) atoms. The Morgan fingerprint density at radius 1 is 1.21 bits per heavy atom. The molecule has 0 aromatic heterocycles. The van der Waals surface area contributed by atoms with Gasteiger partial charge in [0, 0.05) is 14.9 Å². The number of nitrogen functional groups attached to an aromatic ring is 1. The highest BCUT2D eigenvalue weighted by molar-refractivity contribution is 14.1. The van der Waals surface area contributed by atoms with Gasteiger partial charge in [0.05, 0.1) is 12.7 Å². The van der Waals surface area contributed by atoms with Gasteiger partial charge in [0.15, 0.2) is 0 Å². The standard InChI is InChI=1S/C14H13IN2O2/c1-19-13-7-4-10(16)8-12(13)14(18)17-11-5-2-9(15)3-6-11/h2-8H,16H2,1H3,(H,17,18). The van der Waals surface area contributed by atoms with Crippen molar-refractivity contribution in [2.45, 2.75) is 0 Å². The summed E-state index contributed by atoms with van der Waals surface area (Å²) >= 11 is 2.21. The number of anilines is 2. The van der Waals surface area contributed by atoms with Crippen molar-refractivity contribution in [2.75, 3.05) is 18.2 Å². The van der Waals surface area contributed by atoms with Crippen LogP contribution >= 0.6 is 22.6 Å². The van der Waals surface area contributed by atoms with E-state index in [0.29, 0.717) is 17.0 Å². The fourth-order valence-electron chi connectivity index (χ4n) is 1.63. The Labute approximate surface area is 125 Å². The van der Waals surface area contributed by atoms with Crippen LogP contribution in [0.3, 0.4) is 0 Å². The maximum absolute atomic E-state index is 12.2. The maximum Gasteiger partial charge on any atom is 0.259 e. The molecule has 0 aliphatic carbocycles. The van der Waals surface area contributed by atoms with Gasteiger partial charge in [0.2, 0.25) is 0 Å². The number of hydrogen-bond donors (Lipinski definition) is 2. The molecular formula is C14H13IN2O2. The molecule has 0 saturated carbocycles. The van der Waals surface area contributed by atoms with Gasteiger partial charge in [0.1, 0.15) is 5.75 Å². The van der Waals surface area contributed by atoms with Gasteiger partial charge in [-0.2, -0.15) is 0 Å². The van der Waals surface area contributed by atoms with E-state index in [-0.39, 0.29) is 5.91 Å². The van der Waals surface area contributed by atoms with Crippen molar-refractivity contribution in [3.63, 3.8) is 0 Å². The second-order valence-corrected chi connectivity index (χ2v) is 5.17. The molecular weight excluding hydrogens is 355 g/mol. The molecule has 3 N–H and O–H groups in total. The monoisotopic (exact) mass is 368 g/mol. The lowest BCUT2D eigenvalue weighted by molar-refractivity contribution is 0.102. The van der Waals surface area contributed by atoms with E-state index in [1.54, 1.807) is 18.2 Å². The Kier molecular flexibility index (Phi) is 4.26. The lowest BCUT2D eigenvalue weighted by Gasteiger charge is -2.10. The normalized spacial score (nSPS) is 10.0. The first kappa shape index (κ1) is 13.7. The minimum atomic E-state index is -0.245. The molecule has 0 aliphatic heterocycles. The predicted molar refractivity (Wildman–Crippen MR) is 84.5 cm³/mol. The molecule has 0 spiro atoms. The highest BCUT2D eigenvalue weighted by Crippen LogP contribution is 2.22. The topological polar surface area (TPSA) is 64.3 Å². The highest BCUT2D eigenvalue weighted by atomic mass is 127. The van der Waals surface area contributed by atoms with E-state index in [9.17, 15) is 4.79 Å². The Morgan fingerprint density at radius 2 is 1.89 bits per heavy atom. The number of rotatable bonds is 3. The number of benzene rings is 2. The van der Waals surface area contributed by atoms with E-state index in [1.807, 2.05) is 24.3 Å². The first-order chi connectivity index (χ1) is 9.10. The Morgan fingerprint density at radius 3 is 2.53 bits per heavy atom. The molecule has 2 rings (SSSR count). The molecule has 0 bridgehead atoms. The van der Waals surface area contributed by atoms with Gasteiger partial charge in [-0.05, 0) is 65.1 Å². The zero-order valence-corrected chi connectivity index (χ0v) is 12.5. The molecule has 0 radical (unpaired) electrons. The van der Waals surface area contributed by atoms with Gasteiger partial charge in [-0.25, -0.2) is 0 Å². The molecule has 0 aliphatic rings. The number of hydrogen-bond acceptors (Lipinski definition) is 3. The average Bonchev–Trinajstić information content (AvgIpc) is 2.41. The van der Waals surface area contributed by atoms with Crippen LogP contribution in [0.1, 0.15) is 10.4 Å². The Bertz CT molecular complexity index is 597. The SMILES string of the molecule is COc1ccc(N)cc1C(=O)Nc1ccc(I)cc1. The summed E-state index contributed by atoms with van der Waals surface area (Å²) in [5, 5.41) is 2.81. The number of carbonyl (C=O) groups excluding carboxylic acids is 1. The van der Waals surface area contributed by atoms with E-state index < -0.39 is 0 Å². The first-order valence-electron chi connectivity index (χ1n) is 5.60. The molecule has 0 atom stereocenters. The lowest BCUT2D eigenvalue weighted by atomic mass is 10.1. The van der Waals surface area contributed by atoms with Crippen molar-refractivity contribution >= 4 is 39.9 Å². The molecule has 2 aromatic carbocycles. The van der Waals surface area contributed by atoms with Crippen molar-refractivity contribution in [1.29, 1.82) is 0 Å². The van der Waals surface area contributed by atoms with Gasteiger partial charge in [-0.1, -0.05) is 0 Å². The average molecular weight is 368 g/mol. The summed E-state index contributed by atoms with van der Waals surface area (Å²) in [6, 6.07) is 12.5. The molecule has 2 aromatic rings. The van der Waals surface area contributed by atoms with Crippen LogP contribution in [-0.2, 0) is 0 Å². The summed E-state index contributed by atoms with van der Waals surface area (Å²) in [5.74, 6) is 0.252. The van der Waals surface area contributed by atoms with E-state index in [2.05, 4.69) is 27.9 Å². The number of ether oxygens (including phenoxy) is 1. The van der Waals surface area contributed by atoms with Crippen molar-refractivity contribution in [3.05, 3.63) is 51.6 Å². The number of methoxy groups -OCH3 is 1. The highest BCUT2D eigenvalue weighted by Gasteiger charge is 2.12. The largest absolute Gasteiger partial charge is 0.496 e. The summed E-state index contributed by atoms with van der Waals surface area (Å²) < 4.78 is 6.27. The van der Waals surface area contributed by atoms with Crippen LogP contribution in [0.15, 0.2) is 42.5 Å². The van der Waals surface area contributed by atoms with Crippen LogP contribution in [-0.4, -0.2) is 13.0 Å². The molecule has 0 heterocycles. The number of carbonyl (C=O) groups is 1. The van der Waals surface area contributed by atoms with Crippen molar-refractivity contribution < 1.29 is 9.53 Å². The zero-order valence-electron chi connectivity index (χ0n) is 10.3. The molecule has 5 heteroatoms. The molecule has 0 saturated heterocycles. The van der Waals surface area contributed by atoms with Crippen molar-refractivity contribution in [2.24, 2.45) is 0 Å². The lowest BCUT2D eigenvalue weighted by Crippen LogP contribution is -2.13. The quantitative estimate of drug-likeness (QED) is 0.646.